The van der Waals surface area contributed by atoms with Gasteiger partial charge >= 0.3 is 0 Å². The lowest BCUT2D eigenvalue weighted by Gasteiger charge is -2.05. The van der Waals surface area contributed by atoms with Crippen molar-refractivity contribution >= 4 is 11.0 Å². The number of halogens is 1. The highest BCUT2D eigenvalue weighted by Crippen LogP contribution is 2.30. The van der Waals surface area contributed by atoms with E-state index >= 15 is 0 Å². The van der Waals surface area contributed by atoms with Crippen molar-refractivity contribution in [1.29, 1.82) is 0 Å². The summed E-state index contributed by atoms with van der Waals surface area (Å²) in [6.45, 7) is 0. The average Bonchev–Trinajstić information content (AvgIpc) is 2.37. The second kappa shape index (κ2) is 4.38. The molecule has 0 saturated heterocycles. The van der Waals surface area contributed by atoms with Gasteiger partial charge in [0.05, 0.1) is 0 Å². The van der Waals surface area contributed by atoms with Gasteiger partial charge in [0.25, 0.3) is 0 Å². The van der Waals surface area contributed by atoms with Crippen LogP contribution in [0.3, 0.4) is 0 Å². The van der Waals surface area contributed by atoms with Gasteiger partial charge in [0.15, 0.2) is 5.43 Å². The zero-order valence-electron chi connectivity index (χ0n) is 10.1. The summed E-state index contributed by atoms with van der Waals surface area (Å²) >= 11 is 0. The molecule has 1 heterocycles. The van der Waals surface area contributed by atoms with Crippen LogP contribution in [0.4, 0.5) is 4.39 Å². The molecule has 0 saturated carbocycles. The molecular formula is C15H9FO4. The van der Waals surface area contributed by atoms with Gasteiger partial charge in [-0.25, -0.2) is 4.39 Å². The number of fused-ring (bicyclic) bond motifs is 1. The number of hydrogen-bond acceptors (Lipinski definition) is 4. The van der Waals surface area contributed by atoms with Crippen LogP contribution >= 0.6 is 0 Å². The first-order valence-corrected chi connectivity index (χ1v) is 5.80. The molecule has 0 bridgehead atoms. The van der Waals surface area contributed by atoms with Gasteiger partial charge < -0.3 is 14.6 Å². The molecule has 0 unspecified atom stereocenters. The summed E-state index contributed by atoms with van der Waals surface area (Å²) in [5.74, 6) is -0.884. The summed E-state index contributed by atoms with van der Waals surface area (Å²) in [6.07, 6.45) is 0. The highest BCUT2D eigenvalue weighted by atomic mass is 19.1. The third-order valence-electron chi connectivity index (χ3n) is 2.90. The minimum Gasteiger partial charge on any atom is -0.508 e. The highest BCUT2D eigenvalue weighted by molar-refractivity contribution is 5.85. The third-order valence-corrected chi connectivity index (χ3v) is 2.90. The predicted octanol–water partition coefficient (Wildman–Crippen LogP) is 3.01. The Bertz CT molecular complexity index is 867. The van der Waals surface area contributed by atoms with Gasteiger partial charge in [-0.15, -0.1) is 0 Å². The first-order valence-electron chi connectivity index (χ1n) is 5.80. The maximum atomic E-state index is 13.2. The van der Waals surface area contributed by atoms with E-state index in [0.717, 1.165) is 6.07 Å². The minimum atomic E-state index is -0.469. The van der Waals surface area contributed by atoms with Crippen LogP contribution in [0.25, 0.3) is 22.3 Å². The molecule has 1 aromatic heterocycles. The Hall–Kier alpha value is -2.82. The van der Waals surface area contributed by atoms with Crippen molar-refractivity contribution in [2.24, 2.45) is 0 Å². The molecule has 20 heavy (non-hydrogen) atoms. The number of rotatable bonds is 1. The second-order valence-electron chi connectivity index (χ2n) is 4.32. The molecule has 0 radical (unpaired) electrons. The molecule has 0 amide bonds. The molecule has 2 N–H and O–H groups in total. The number of benzene rings is 2. The van der Waals surface area contributed by atoms with Gasteiger partial charge in [0.2, 0.25) is 0 Å². The molecule has 0 aliphatic rings. The minimum absolute atomic E-state index is 0.0250. The fourth-order valence-corrected chi connectivity index (χ4v) is 2.04. The molecule has 5 heteroatoms. The van der Waals surface area contributed by atoms with Crippen LogP contribution in [0.5, 0.6) is 11.5 Å². The number of phenols is 2. The number of hydrogen-bond donors (Lipinski definition) is 2. The SMILES string of the molecule is O=c1cc(-c2cccc(F)c2)oc2cc(O)cc(O)c12. The van der Waals surface area contributed by atoms with Crippen molar-refractivity contribution in [1.82, 2.24) is 0 Å². The van der Waals surface area contributed by atoms with Crippen molar-refractivity contribution in [3.05, 3.63) is 58.5 Å². The van der Waals surface area contributed by atoms with Gasteiger partial charge in [0, 0.05) is 23.8 Å². The summed E-state index contributed by atoms with van der Waals surface area (Å²) in [5.41, 5.74) is -0.0379. The molecule has 3 aromatic rings. The zero-order valence-corrected chi connectivity index (χ0v) is 10.1. The number of aromatic hydroxyl groups is 2. The Kier molecular flexibility index (Phi) is 2.68. The molecule has 3 rings (SSSR count). The monoisotopic (exact) mass is 272 g/mol. The number of phenolic OH excluding ortho intramolecular Hbond substituents is 2. The van der Waals surface area contributed by atoms with Gasteiger partial charge in [0.1, 0.15) is 34.0 Å². The lowest BCUT2D eigenvalue weighted by molar-refractivity contribution is 0.452. The zero-order chi connectivity index (χ0) is 14.3. The van der Waals surface area contributed by atoms with E-state index in [1.807, 2.05) is 0 Å². The predicted molar refractivity (Wildman–Crippen MR) is 71.2 cm³/mol. The fraction of sp³-hybridized carbons (Fsp3) is 0. The van der Waals surface area contributed by atoms with Gasteiger partial charge in [-0.2, -0.15) is 0 Å². The second-order valence-corrected chi connectivity index (χ2v) is 4.32. The molecule has 0 spiro atoms. The molecule has 0 atom stereocenters. The van der Waals surface area contributed by atoms with Crippen molar-refractivity contribution in [2.75, 3.05) is 0 Å². The van der Waals surface area contributed by atoms with Crippen molar-refractivity contribution < 1.29 is 19.0 Å². The first-order chi connectivity index (χ1) is 9.54. The maximum absolute atomic E-state index is 13.2. The normalized spacial score (nSPS) is 10.8. The summed E-state index contributed by atoms with van der Waals surface area (Å²) in [6, 6.07) is 9.05. The van der Waals surface area contributed by atoms with Crippen molar-refractivity contribution in [3.8, 4) is 22.8 Å². The Morgan fingerprint density at radius 2 is 1.85 bits per heavy atom. The summed E-state index contributed by atoms with van der Waals surface area (Å²) in [5, 5.41) is 19.1. The van der Waals surface area contributed by atoms with Crippen molar-refractivity contribution in [2.45, 2.75) is 0 Å². The molecule has 0 aliphatic heterocycles. The van der Waals surface area contributed by atoms with Crippen LogP contribution in [0.2, 0.25) is 0 Å². The molecule has 2 aromatic carbocycles. The average molecular weight is 272 g/mol. The Morgan fingerprint density at radius 1 is 1.05 bits per heavy atom. The quantitative estimate of drug-likeness (QED) is 0.714. The van der Waals surface area contributed by atoms with E-state index in [9.17, 15) is 19.4 Å². The lowest BCUT2D eigenvalue weighted by Crippen LogP contribution is -2.00. The Morgan fingerprint density at radius 3 is 2.60 bits per heavy atom. The fourth-order valence-electron chi connectivity index (χ4n) is 2.04. The first kappa shape index (κ1) is 12.2. The van der Waals surface area contributed by atoms with Crippen LogP contribution in [0, 0.1) is 5.82 Å². The van der Waals surface area contributed by atoms with E-state index in [4.69, 9.17) is 4.42 Å². The third kappa shape index (κ3) is 1.99. The summed E-state index contributed by atoms with van der Waals surface area (Å²) in [7, 11) is 0. The smallest absolute Gasteiger partial charge is 0.197 e. The molecule has 0 fully saturated rings. The summed E-state index contributed by atoms with van der Waals surface area (Å²) < 4.78 is 18.7. The largest absolute Gasteiger partial charge is 0.508 e. The van der Waals surface area contributed by atoms with Gasteiger partial charge in [-0.1, -0.05) is 12.1 Å². The van der Waals surface area contributed by atoms with E-state index in [2.05, 4.69) is 0 Å². The Balaban J connectivity index is 2.32. The molecular weight excluding hydrogens is 263 g/mol. The maximum Gasteiger partial charge on any atom is 0.197 e. The van der Waals surface area contributed by atoms with Crippen LogP contribution in [0.1, 0.15) is 0 Å². The summed E-state index contributed by atoms with van der Waals surface area (Å²) in [4.78, 5) is 12.0. The van der Waals surface area contributed by atoms with Gasteiger partial charge in [-0.3, -0.25) is 4.79 Å². The topological polar surface area (TPSA) is 70.7 Å². The van der Waals surface area contributed by atoms with Crippen LogP contribution in [-0.4, -0.2) is 10.2 Å². The van der Waals surface area contributed by atoms with Gasteiger partial charge in [-0.05, 0) is 12.1 Å². The van der Waals surface area contributed by atoms with E-state index in [-0.39, 0.29) is 28.2 Å². The highest BCUT2D eigenvalue weighted by Gasteiger charge is 2.12. The molecule has 0 aliphatic carbocycles. The van der Waals surface area contributed by atoms with Crippen LogP contribution in [-0.2, 0) is 0 Å². The van der Waals surface area contributed by atoms with Crippen LogP contribution in [0.15, 0.2) is 51.7 Å². The van der Waals surface area contributed by atoms with Crippen molar-refractivity contribution in [3.63, 3.8) is 0 Å². The lowest BCUT2D eigenvalue weighted by atomic mass is 10.1. The van der Waals surface area contributed by atoms with E-state index < -0.39 is 11.2 Å². The van der Waals surface area contributed by atoms with E-state index in [0.29, 0.717) is 5.56 Å². The molecule has 4 nitrogen and oxygen atoms in total. The van der Waals surface area contributed by atoms with Crippen LogP contribution < -0.4 is 5.43 Å². The van der Waals surface area contributed by atoms with E-state index in [1.54, 1.807) is 6.07 Å². The van der Waals surface area contributed by atoms with E-state index in [1.165, 1.54) is 30.3 Å². The Labute approximate surface area is 112 Å². The standard InChI is InChI=1S/C15H9FO4/c16-9-3-1-2-8(4-9)13-7-12(19)15-11(18)5-10(17)6-14(15)20-13/h1-7,17-18H. The molecule has 100 valence electrons.